The molecule has 1 rings (SSSR count). The summed E-state index contributed by atoms with van der Waals surface area (Å²) in [6.45, 7) is 1.93. The maximum Gasteiger partial charge on any atom is 0.398 e. The van der Waals surface area contributed by atoms with Crippen molar-refractivity contribution in [1.82, 2.24) is 0 Å². The van der Waals surface area contributed by atoms with Gasteiger partial charge in [-0.1, -0.05) is 42.0 Å². The number of halogens is 3. The first kappa shape index (κ1) is 13.5. The number of benzene rings is 1. The molecule has 0 saturated carbocycles. The zero-order valence-corrected chi connectivity index (χ0v) is 9.37. The Bertz CT molecular complexity index is 390. The second-order valence-corrected chi connectivity index (χ2v) is 3.83. The van der Waals surface area contributed by atoms with Crippen molar-refractivity contribution in [3.8, 4) is 0 Å². The Morgan fingerprint density at radius 1 is 1.24 bits per heavy atom. The van der Waals surface area contributed by atoms with Crippen molar-refractivity contribution in [2.24, 2.45) is 5.92 Å². The van der Waals surface area contributed by atoms with Crippen LogP contribution in [0.2, 0.25) is 0 Å². The van der Waals surface area contributed by atoms with Gasteiger partial charge >= 0.3 is 6.18 Å². The lowest BCUT2D eigenvalue weighted by Gasteiger charge is -2.11. The zero-order chi connectivity index (χ0) is 12.9. The van der Waals surface area contributed by atoms with E-state index < -0.39 is 12.1 Å². The molecule has 0 aliphatic heterocycles. The molecule has 1 unspecified atom stereocenters. The van der Waals surface area contributed by atoms with Crippen molar-refractivity contribution in [1.29, 1.82) is 0 Å². The lowest BCUT2D eigenvalue weighted by Crippen LogP contribution is -2.23. The standard InChI is InChI=1S/C13H13F3O/c1-10-5-7-11(8-6-10)3-2-4-12(9-17)13(14,15)16/h2-3,5-9,12H,4H2,1H3/b3-2+. The molecule has 0 aromatic heterocycles. The molecule has 0 aliphatic rings. The molecule has 1 nitrogen and oxygen atoms in total. The number of rotatable bonds is 4. The number of allylic oxidation sites excluding steroid dienone is 1. The Morgan fingerprint density at radius 3 is 2.29 bits per heavy atom. The molecule has 0 N–H and O–H groups in total. The van der Waals surface area contributed by atoms with Crippen molar-refractivity contribution in [3.05, 3.63) is 41.5 Å². The zero-order valence-electron chi connectivity index (χ0n) is 9.37. The van der Waals surface area contributed by atoms with Gasteiger partial charge in [-0.25, -0.2) is 0 Å². The van der Waals surface area contributed by atoms with Crippen LogP contribution in [0.15, 0.2) is 30.3 Å². The van der Waals surface area contributed by atoms with Crippen LogP contribution in [0.25, 0.3) is 6.08 Å². The first-order chi connectivity index (χ1) is 7.93. The van der Waals surface area contributed by atoms with E-state index in [1.54, 1.807) is 6.08 Å². The highest BCUT2D eigenvalue weighted by Crippen LogP contribution is 2.27. The van der Waals surface area contributed by atoms with Gasteiger partial charge in [-0.3, -0.25) is 0 Å². The Morgan fingerprint density at radius 2 is 1.82 bits per heavy atom. The van der Waals surface area contributed by atoms with Crippen LogP contribution in [0.3, 0.4) is 0 Å². The molecule has 1 atom stereocenters. The third-order valence-electron chi connectivity index (χ3n) is 2.36. The second-order valence-electron chi connectivity index (χ2n) is 3.83. The van der Waals surface area contributed by atoms with E-state index in [1.807, 2.05) is 31.2 Å². The molecular weight excluding hydrogens is 229 g/mol. The summed E-state index contributed by atoms with van der Waals surface area (Å²) in [7, 11) is 0. The molecule has 0 amide bonds. The van der Waals surface area contributed by atoms with Crippen LogP contribution in [0.1, 0.15) is 17.5 Å². The van der Waals surface area contributed by atoms with Crippen LogP contribution in [0.4, 0.5) is 13.2 Å². The summed E-state index contributed by atoms with van der Waals surface area (Å²) >= 11 is 0. The number of alkyl halides is 3. The molecule has 92 valence electrons. The molecule has 1 aromatic rings. The largest absolute Gasteiger partial charge is 0.398 e. The molecule has 0 fully saturated rings. The normalized spacial score (nSPS) is 13.9. The molecule has 0 saturated heterocycles. The van der Waals surface area contributed by atoms with E-state index in [0.717, 1.165) is 11.1 Å². The number of carbonyl (C=O) groups excluding carboxylic acids is 1. The van der Waals surface area contributed by atoms with Crippen molar-refractivity contribution in [3.63, 3.8) is 0 Å². The Kier molecular flexibility index (Phi) is 4.49. The molecule has 0 bridgehead atoms. The number of hydrogen-bond donors (Lipinski definition) is 0. The third kappa shape index (κ3) is 4.43. The van der Waals surface area contributed by atoms with Crippen molar-refractivity contribution in [2.75, 3.05) is 0 Å². The predicted octanol–water partition coefficient (Wildman–Crippen LogP) is 3.78. The number of aryl methyl sites for hydroxylation is 1. The fraction of sp³-hybridized carbons (Fsp3) is 0.308. The second kappa shape index (κ2) is 5.66. The van der Waals surface area contributed by atoms with E-state index in [2.05, 4.69) is 0 Å². The molecule has 0 radical (unpaired) electrons. The van der Waals surface area contributed by atoms with Gasteiger partial charge in [-0.2, -0.15) is 13.2 Å². The first-order valence-electron chi connectivity index (χ1n) is 5.18. The van der Waals surface area contributed by atoms with Crippen LogP contribution in [0.5, 0.6) is 0 Å². The minimum atomic E-state index is -4.46. The van der Waals surface area contributed by atoms with Gasteiger partial charge in [-0.05, 0) is 18.9 Å². The number of hydrogen-bond acceptors (Lipinski definition) is 1. The van der Waals surface area contributed by atoms with Crippen LogP contribution < -0.4 is 0 Å². The maximum atomic E-state index is 12.2. The quantitative estimate of drug-likeness (QED) is 0.734. The highest BCUT2D eigenvalue weighted by atomic mass is 19.4. The van der Waals surface area contributed by atoms with E-state index >= 15 is 0 Å². The summed E-state index contributed by atoms with van der Waals surface area (Å²) < 4.78 is 36.7. The van der Waals surface area contributed by atoms with Gasteiger partial charge in [0.25, 0.3) is 0 Å². The van der Waals surface area contributed by atoms with E-state index in [-0.39, 0.29) is 12.7 Å². The van der Waals surface area contributed by atoms with E-state index in [0.29, 0.717) is 0 Å². The van der Waals surface area contributed by atoms with Crippen LogP contribution in [-0.4, -0.2) is 12.5 Å². The summed E-state index contributed by atoms with van der Waals surface area (Å²) in [6, 6.07) is 7.38. The summed E-state index contributed by atoms with van der Waals surface area (Å²) in [6.07, 6.45) is -1.88. The Balaban J connectivity index is 2.60. The monoisotopic (exact) mass is 242 g/mol. The summed E-state index contributed by atoms with van der Waals surface area (Å²) in [5.74, 6) is -1.91. The lowest BCUT2D eigenvalue weighted by atomic mass is 10.1. The summed E-state index contributed by atoms with van der Waals surface area (Å²) in [5, 5.41) is 0. The molecule has 4 heteroatoms. The van der Waals surface area contributed by atoms with Crippen LogP contribution in [0, 0.1) is 12.8 Å². The Hall–Kier alpha value is -1.58. The van der Waals surface area contributed by atoms with Gasteiger partial charge in [0, 0.05) is 0 Å². The van der Waals surface area contributed by atoms with E-state index in [1.165, 1.54) is 6.08 Å². The highest BCUT2D eigenvalue weighted by molar-refractivity contribution is 5.56. The van der Waals surface area contributed by atoms with Gasteiger partial charge in [0.1, 0.15) is 12.2 Å². The number of carbonyl (C=O) groups is 1. The fourth-order valence-electron chi connectivity index (χ4n) is 1.29. The lowest BCUT2D eigenvalue weighted by molar-refractivity contribution is -0.173. The van der Waals surface area contributed by atoms with Crippen molar-refractivity contribution in [2.45, 2.75) is 19.5 Å². The van der Waals surface area contributed by atoms with Crippen LogP contribution in [-0.2, 0) is 4.79 Å². The van der Waals surface area contributed by atoms with Gasteiger partial charge in [-0.15, -0.1) is 0 Å². The van der Waals surface area contributed by atoms with Gasteiger partial charge in [0.15, 0.2) is 0 Å². The molecule has 1 aromatic carbocycles. The topological polar surface area (TPSA) is 17.1 Å². The van der Waals surface area contributed by atoms with Gasteiger partial charge < -0.3 is 4.79 Å². The van der Waals surface area contributed by atoms with E-state index in [4.69, 9.17) is 0 Å². The molecule has 17 heavy (non-hydrogen) atoms. The van der Waals surface area contributed by atoms with Crippen molar-refractivity contribution < 1.29 is 18.0 Å². The van der Waals surface area contributed by atoms with E-state index in [9.17, 15) is 18.0 Å². The minimum Gasteiger partial charge on any atom is -0.303 e. The van der Waals surface area contributed by atoms with Gasteiger partial charge in [0.05, 0.1) is 0 Å². The van der Waals surface area contributed by atoms with Crippen molar-refractivity contribution >= 4 is 12.4 Å². The molecule has 0 aliphatic carbocycles. The minimum absolute atomic E-state index is 0.0561. The molecule has 0 spiro atoms. The highest BCUT2D eigenvalue weighted by Gasteiger charge is 2.38. The van der Waals surface area contributed by atoms with Gasteiger partial charge in [0.2, 0.25) is 0 Å². The molecule has 0 heterocycles. The summed E-state index contributed by atoms with van der Waals surface area (Å²) in [4.78, 5) is 10.3. The van der Waals surface area contributed by atoms with Crippen LogP contribution >= 0.6 is 0 Å². The average Bonchev–Trinajstić information content (AvgIpc) is 2.25. The smallest absolute Gasteiger partial charge is 0.303 e. The first-order valence-corrected chi connectivity index (χ1v) is 5.18. The predicted molar refractivity (Wildman–Crippen MR) is 60.4 cm³/mol. The fourth-order valence-corrected chi connectivity index (χ4v) is 1.29. The number of aldehydes is 1. The third-order valence-corrected chi connectivity index (χ3v) is 2.36. The summed E-state index contributed by atoms with van der Waals surface area (Å²) in [5.41, 5.74) is 1.91. The average molecular weight is 242 g/mol. The molecular formula is C13H13F3O. The maximum absolute atomic E-state index is 12.2. The SMILES string of the molecule is Cc1ccc(/C=C/CC(C=O)C(F)(F)F)cc1. The Labute approximate surface area is 98.0 Å².